The summed E-state index contributed by atoms with van der Waals surface area (Å²) in [5, 5.41) is 8.88. The number of nitrogens with one attached hydrogen (secondary N) is 3. The number of hydrogen-bond donors (Lipinski definition) is 4. The van der Waals surface area contributed by atoms with Gasteiger partial charge >= 0.3 is 6.09 Å². The monoisotopic (exact) mass is 653 g/mol. The summed E-state index contributed by atoms with van der Waals surface area (Å²) in [4.78, 5) is 56.9. The van der Waals surface area contributed by atoms with Gasteiger partial charge in [0, 0.05) is 18.4 Å². The molecular formula is C38H47N5O5. The highest BCUT2D eigenvalue weighted by Crippen LogP contribution is 2.34. The number of ether oxygens (including phenoxy) is 1. The van der Waals surface area contributed by atoms with Crippen LogP contribution in [0.2, 0.25) is 0 Å². The van der Waals surface area contributed by atoms with E-state index in [0.29, 0.717) is 25.7 Å². The Hall–Kier alpha value is -4.70. The maximum Gasteiger partial charge on any atom is 0.408 e. The second kappa shape index (κ2) is 15.5. The van der Waals surface area contributed by atoms with E-state index in [1.807, 2.05) is 91.0 Å². The molecule has 2 aliphatic rings. The zero-order chi connectivity index (χ0) is 34.3. The first-order chi connectivity index (χ1) is 23.0. The van der Waals surface area contributed by atoms with E-state index in [4.69, 9.17) is 10.5 Å². The van der Waals surface area contributed by atoms with Crippen LogP contribution >= 0.6 is 0 Å². The molecule has 10 heteroatoms. The van der Waals surface area contributed by atoms with Crippen LogP contribution in [0.5, 0.6) is 0 Å². The number of alkyl carbamates (subject to hydrolysis) is 1. The van der Waals surface area contributed by atoms with E-state index in [2.05, 4.69) is 16.0 Å². The van der Waals surface area contributed by atoms with Gasteiger partial charge in [-0.3, -0.25) is 14.4 Å². The molecule has 4 amide bonds. The standard InChI is InChI=1S/C38H47N5O5/c1-38(2,3)48-37(47)40-30(23-25-13-7-4-8-14-25)34(44)42-33-28(24-39)19-20-29-21-22-31(43(29)36(33)46)35(45)41-32(26-15-9-5-10-16-26)27-17-11-6-12-18-27/h4-18,28-33H,19-24,39H2,1-3H3,(H,40,47)(H,41,45)(H,42,44)/t28-,29+,30-,31+,33+/m1/s1. The SMILES string of the molecule is CC(C)(C)OC(=O)N[C@H](Cc1ccccc1)C(=O)N[C@@H]1C(=O)N2[C@@H](CC[C@@H]1CN)CC[C@H]2C(=O)NC(c1ccccc1)c1ccccc1. The summed E-state index contributed by atoms with van der Waals surface area (Å²) in [6.07, 6.45) is 1.95. The number of nitrogens with two attached hydrogens (primary N) is 1. The first kappa shape index (κ1) is 34.6. The van der Waals surface area contributed by atoms with Gasteiger partial charge in [0.2, 0.25) is 17.7 Å². The average molecular weight is 654 g/mol. The molecular weight excluding hydrogens is 606 g/mol. The van der Waals surface area contributed by atoms with Crippen LogP contribution in [0.25, 0.3) is 0 Å². The van der Waals surface area contributed by atoms with Crippen molar-refractivity contribution in [3.8, 4) is 0 Å². The quantitative estimate of drug-likeness (QED) is 0.258. The molecule has 2 saturated heterocycles. The van der Waals surface area contributed by atoms with E-state index in [-0.39, 0.29) is 36.7 Å². The summed E-state index contributed by atoms with van der Waals surface area (Å²) >= 11 is 0. The molecule has 2 fully saturated rings. The lowest BCUT2D eigenvalue weighted by Gasteiger charge is -2.33. The maximum atomic E-state index is 14.4. The summed E-state index contributed by atoms with van der Waals surface area (Å²) in [6.45, 7) is 5.42. The van der Waals surface area contributed by atoms with E-state index in [0.717, 1.165) is 16.7 Å². The van der Waals surface area contributed by atoms with Gasteiger partial charge in [0.25, 0.3) is 0 Å². The lowest BCUT2D eigenvalue weighted by molar-refractivity contribution is -0.143. The van der Waals surface area contributed by atoms with E-state index in [9.17, 15) is 19.2 Å². The molecule has 5 atom stereocenters. The molecule has 3 aromatic carbocycles. The number of rotatable bonds is 10. The highest BCUT2D eigenvalue weighted by atomic mass is 16.6. The van der Waals surface area contributed by atoms with Gasteiger partial charge in [-0.25, -0.2) is 4.79 Å². The summed E-state index contributed by atoms with van der Waals surface area (Å²) < 4.78 is 5.45. The third kappa shape index (κ3) is 8.60. The normalized spacial score (nSPS) is 21.5. The lowest BCUT2D eigenvalue weighted by atomic mass is 9.93. The molecule has 5 rings (SSSR count). The molecule has 2 aliphatic heterocycles. The summed E-state index contributed by atoms with van der Waals surface area (Å²) in [5.74, 6) is -1.43. The molecule has 5 N–H and O–H groups in total. The largest absolute Gasteiger partial charge is 0.444 e. The van der Waals surface area contributed by atoms with Crippen LogP contribution in [0.15, 0.2) is 91.0 Å². The number of hydrogen-bond acceptors (Lipinski definition) is 6. The van der Waals surface area contributed by atoms with E-state index in [1.54, 1.807) is 25.7 Å². The second-order valence-electron chi connectivity index (χ2n) is 13.7. The Balaban J connectivity index is 1.37. The first-order valence-corrected chi connectivity index (χ1v) is 16.8. The van der Waals surface area contributed by atoms with Crippen LogP contribution in [0, 0.1) is 5.92 Å². The second-order valence-corrected chi connectivity index (χ2v) is 13.7. The smallest absolute Gasteiger partial charge is 0.408 e. The van der Waals surface area contributed by atoms with Gasteiger partial charge in [-0.2, -0.15) is 0 Å². The van der Waals surface area contributed by atoms with Crippen molar-refractivity contribution in [1.82, 2.24) is 20.9 Å². The van der Waals surface area contributed by atoms with Gasteiger partial charge in [0.05, 0.1) is 6.04 Å². The number of carbonyl (C=O) groups is 4. The minimum atomic E-state index is -1.01. The van der Waals surface area contributed by atoms with Gasteiger partial charge in [-0.1, -0.05) is 91.0 Å². The van der Waals surface area contributed by atoms with Gasteiger partial charge in [0.1, 0.15) is 23.7 Å². The molecule has 2 heterocycles. The van der Waals surface area contributed by atoms with Crippen molar-refractivity contribution in [3.05, 3.63) is 108 Å². The average Bonchev–Trinajstić information content (AvgIpc) is 3.45. The molecule has 0 aromatic heterocycles. The summed E-state index contributed by atoms with van der Waals surface area (Å²) in [5.41, 5.74) is 8.14. The van der Waals surface area contributed by atoms with Gasteiger partial charge in [-0.15, -0.1) is 0 Å². The van der Waals surface area contributed by atoms with Crippen LogP contribution in [0.3, 0.4) is 0 Å². The van der Waals surface area contributed by atoms with Crippen molar-refractivity contribution in [2.24, 2.45) is 11.7 Å². The van der Waals surface area contributed by atoms with Crippen molar-refractivity contribution in [2.75, 3.05) is 6.54 Å². The Morgan fingerprint density at radius 2 is 1.40 bits per heavy atom. The zero-order valence-electron chi connectivity index (χ0n) is 27.9. The summed E-state index contributed by atoms with van der Waals surface area (Å²) in [7, 11) is 0. The van der Waals surface area contributed by atoms with Crippen molar-refractivity contribution in [3.63, 3.8) is 0 Å². The predicted molar refractivity (Wildman–Crippen MR) is 184 cm³/mol. The number of carbonyl (C=O) groups excluding carboxylic acids is 4. The van der Waals surface area contributed by atoms with E-state index >= 15 is 0 Å². The fourth-order valence-electron chi connectivity index (χ4n) is 6.78. The molecule has 0 bridgehead atoms. The predicted octanol–water partition coefficient (Wildman–Crippen LogP) is 4.24. The topological polar surface area (TPSA) is 143 Å². The fourth-order valence-corrected chi connectivity index (χ4v) is 6.78. The zero-order valence-corrected chi connectivity index (χ0v) is 27.9. The van der Waals surface area contributed by atoms with Crippen molar-refractivity contribution in [2.45, 2.75) is 88.7 Å². The molecule has 0 radical (unpaired) electrons. The third-order valence-electron chi connectivity index (χ3n) is 9.11. The van der Waals surface area contributed by atoms with E-state index < -0.39 is 41.8 Å². The fraction of sp³-hybridized carbons (Fsp3) is 0.421. The number of nitrogens with zero attached hydrogens (tertiary/aromatic N) is 1. The Kier molecular flexibility index (Phi) is 11.2. The van der Waals surface area contributed by atoms with Crippen LogP contribution in [0.1, 0.15) is 69.2 Å². The van der Waals surface area contributed by atoms with E-state index in [1.165, 1.54) is 0 Å². The van der Waals surface area contributed by atoms with Crippen molar-refractivity contribution >= 4 is 23.8 Å². The Labute approximate surface area is 282 Å². The molecule has 0 aliphatic carbocycles. The Morgan fingerprint density at radius 1 is 0.833 bits per heavy atom. The first-order valence-electron chi connectivity index (χ1n) is 16.8. The van der Waals surface area contributed by atoms with Gasteiger partial charge in [0.15, 0.2) is 0 Å². The van der Waals surface area contributed by atoms with Gasteiger partial charge < -0.3 is 31.3 Å². The van der Waals surface area contributed by atoms with Crippen molar-refractivity contribution < 1.29 is 23.9 Å². The molecule has 48 heavy (non-hydrogen) atoms. The highest BCUT2D eigenvalue weighted by Gasteiger charge is 2.48. The number of amides is 4. The lowest BCUT2D eigenvalue weighted by Crippen LogP contribution is -2.60. The van der Waals surface area contributed by atoms with Crippen LogP contribution in [-0.2, 0) is 25.5 Å². The molecule has 3 aromatic rings. The maximum absolute atomic E-state index is 14.4. The molecule has 254 valence electrons. The molecule has 0 unspecified atom stereocenters. The highest BCUT2D eigenvalue weighted by molar-refractivity contribution is 5.95. The van der Waals surface area contributed by atoms with Crippen LogP contribution in [-0.4, -0.2) is 65.0 Å². The molecule has 10 nitrogen and oxygen atoms in total. The molecule has 0 saturated carbocycles. The third-order valence-corrected chi connectivity index (χ3v) is 9.11. The number of benzene rings is 3. The van der Waals surface area contributed by atoms with Crippen LogP contribution in [0.4, 0.5) is 4.79 Å². The Morgan fingerprint density at radius 3 is 1.96 bits per heavy atom. The Bertz CT molecular complexity index is 1510. The molecule has 0 spiro atoms. The van der Waals surface area contributed by atoms with Crippen molar-refractivity contribution in [1.29, 1.82) is 0 Å². The summed E-state index contributed by atoms with van der Waals surface area (Å²) in [6, 6.07) is 25.6. The van der Waals surface area contributed by atoms with Gasteiger partial charge in [-0.05, 0) is 69.7 Å². The number of fused-ring (bicyclic) bond motifs is 1. The minimum absolute atomic E-state index is 0.142. The minimum Gasteiger partial charge on any atom is -0.444 e. The van der Waals surface area contributed by atoms with Crippen LogP contribution < -0.4 is 21.7 Å².